The smallest absolute Gasteiger partial charge is 0.324 e. The summed E-state index contributed by atoms with van der Waals surface area (Å²) in [6, 6.07) is 0. The van der Waals surface area contributed by atoms with Crippen LogP contribution in [0.4, 0.5) is 0 Å². The fourth-order valence-electron chi connectivity index (χ4n) is 2.96. The van der Waals surface area contributed by atoms with Crippen molar-refractivity contribution in [3.8, 4) is 0 Å². The highest BCUT2D eigenvalue weighted by atomic mass is 35.5. The molecule has 1 aliphatic rings. The molecule has 26 heavy (non-hydrogen) atoms. The van der Waals surface area contributed by atoms with Crippen LogP contribution < -0.4 is 0 Å². The second kappa shape index (κ2) is 8.99. The van der Waals surface area contributed by atoms with Crippen molar-refractivity contribution in [1.82, 2.24) is 0 Å². The predicted octanol–water partition coefficient (Wildman–Crippen LogP) is 2.35. The van der Waals surface area contributed by atoms with Gasteiger partial charge in [-0.25, -0.2) is 0 Å². The molecule has 9 heteroatoms. The fraction of sp³-hybridized carbons (Fsp3) is 0.588. The van der Waals surface area contributed by atoms with E-state index < -0.39 is 39.3 Å². The molecule has 7 nitrogen and oxygen atoms in total. The lowest BCUT2D eigenvalue weighted by atomic mass is 9.86. The molecule has 1 aliphatic carbocycles. The molecule has 0 aromatic heterocycles. The van der Waals surface area contributed by atoms with E-state index in [9.17, 15) is 14.4 Å². The van der Waals surface area contributed by atoms with Crippen LogP contribution >= 0.6 is 23.2 Å². The topological polar surface area (TPSA) is 88.1 Å². The van der Waals surface area contributed by atoms with E-state index in [1.165, 1.54) is 20.3 Å². The minimum absolute atomic E-state index is 0.000770. The molecule has 1 unspecified atom stereocenters. The van der Waals surface area contributed by atoms with Crippen LogP contribution in [0.2, 0.25) is 0 Å². The number of alkyl halides is 1. The number of esters is 2. The molecule has 0 saturated carbocycles. The second-order valence-corrected chi connectivity index (χ2v) is 6.34. The van der Waals surface area contributed by atoms with Crippen LogP contribution in [0.3, 0.4) is 0 Å². The van der Waals surface area contributed by atoms with Gasteiger partial charge in [0.1, 0.15) is 0 Å². The van der Waals surface area contributed by atoms with Crippen LogP contribution in [0.25, 0.3) is 0 Å². The lowest BCUT2D eigenvalue weighted by Crippen LogP contribution is -2.56. The first kappa shape index (κ1) is 22.6. The van der Waals surface area contributed by atoms with E-state index in [0.29, 0.717) is 0 Å². The average molecular weight is 409 g/mol. The Morgan fingerprint density at radius 1 is 1.15 bits per heavy atom. The monoisotopic (exact) mass is 408 g/mol. The van der Waals surface area contributed by atoms with Crippen molar-refractivity contribution in [2.45, 2.75) is 30.9 Å². The number of hydrogen-bond donors (Lipinski definition) is 0. The molecule has 1 atom stereocenters. The third-order valence-corrected chi connectivity index (χ3v) is 4.96. The van der Waals surface area contributed by atoms with E-state index in [1.54, 1.807) is 13.8 Å². The van der Waals surface area contributed by atoms with E-state index in [1.807, 2.05) is 0 Å². The maximum Gasteiger partial charge on any atom is 0.324 e. The standard InChI is InChI=1S/C17H22Cl2O7/c1-6-9-16(19)13(20)12(18)11(17(16,23-4)24-5)10(14(21)25-7-2)15(22)26-8-3/h6,10H,1,7-9H2,2-5H3. The van der Waals surface area contributed by atoms with Crippen LogP contribution in [0.15, 0.2) is 23.3 Å². The van der Waals surface area contributed by atoms with Crippen molar-refractivity contribution in [1.29, 1.82) is 0 Å². The number of Topliss-reactive ketones (excluding diaryl/α,β-unsaturated/α-hetero) is 1. The van der Waals surface area contributed by atoms with Crippen molar-refractivity contribution in [3.05, 3.63) is 23.3 Å². The Morgan fingerprint density at radius 3 is 1.96 bits per heavy atom. The number of ether oxygens (including phenoxy) is 4. The van der Waals surface area contributed by atoms with Crippen LogP contribution in [0.1, 0.15) is 20.3 Å². The Hall–Kier alpha value is -1.41. The van der Waals surface area contributed by atoms with Gasteiger partial charge < -0.3 is 18.9 Å². The normalized spacial score (nSPS) is 21.9. The number of ketones is 1. The average Bonchev–Trinajstić information content (AvgIpc) is 2.75. The summed E-state index contributed by atoms with van der Waals surface area (Å²) >= 11 is 12.7. The SMILES string of the molecule is C=CCC1(Cl)C(=O)C(Cl)=C(C(C(=O)OCC)C(=O)OCC)C1(OC)OC. The summed E-state index contributed by atoms with van der Waals surface area (Å²) < 4.78 is 20.8. The molecule has 0 fully saturated rings. The molecule has 0 aliphatic heterocycles. The van der Waals surface area contributed by atoms with Gasteiger partial charge in [-0.1, -0.05) is 17.7 Å². The van der Waals surface area contributed by atoms with Gasteiger partial charge in [-0.2, -0.15) is 0 Å². The van der Waals surface area contributed by atoms with Crippen molar-refractivity contribution < 1.29 is 33.3 Å². The number of carbonyl (C=O) groups excluding carboxylic acids is 3. The lowest BCUT2D eigenvalue weighted by Gasteiger charge is -2.40. The van der Waals surface area contributed by atoms with Gasteiger partial charge in [0.2, 0.25) is 11.6 Å². The summed E-state index contributed by atoms with van der Waals surface area (Å²) in [6.07, 6.45) is 1.29. The van der Waals surface area contributed by atoms with E-state index in [-0.39, 0.29) is 25.2 Å². The number of allylic oxidation sites excluding steroid dienone is 2. The predicted molar refractivity (Wildman–Crippen MR) is 94.8 cm³/mol. The Labute approximate surface area is 162 Å². The summed E-state index contributed by atoms with van der Waals surface area (Å²) in [6.45, 7) is 6.71. The molecular weight excluding hydrogens is 387 g/mol. The van der Waals surface area contributed by atoms with Crippen LogP contribution in [0, 0.1) is 5.92 Å². The number of rotatable bonds is 9. The van der Waals surface area contributed by atoms with Gasteiger partial charge in [-0.3, -0.25) is 14.4 Å². The lowest BCUT2D eigenvalue weighted by molar-refractivity contribution is -0.204. The molecule has 146 valence electrons. The first-order chi connectivity index (χ1) is 12.2. The van der Waals surface area contributed by atoms with Crippen molar-refractivity contribution in [3.63, 3.8) is 0 Å². The van der Waals surface area contributed by atoms with Gasteiger partial charge in [0.05, 0.1) is 18.2 Å². The molecule has 0 N–H and O–H groups in total. The van der Waals surface area contributed by atoms with E-state index in [0.717, 1.165) is 0 Å². The van der Waals surface area contributed by atoms with Gasteiger partial charge in [0.15, 0.2) is 10.8 Å². The number of halogens is 2. The van der Waals surface area contributed by atoms with Gasteiger partial charge in [-0.15, -0.1) is 18.2 Å². The highest BCUT2D eigenvalue weighted by Crippen LogP contribution is 2.54. The fourth-order valence-corrected chi connectivity index (χ4v) is 3.86. The largest absolute Gasteiger partial charge is 0.465 e. The molecule has 0 aromatic carbocycles. The van der Waals surface area contributed by atoms with E-state index >= 15 is 0 Å². The molecule has 1 rings (SSSR count). The second-order valence-electron chi connectivity index (χ2n) is 5.31. The third kappa shape index (κ3) is 3.41. The molecule has 0 amide bonds. The summed E-state index contributed by atoms with van der Waals surface area (Å²) in [5, 5.41) is -0.434. The number of methoxy groups -OCH3 is 2. The summed E-state index contributed by atoms with van der Waals surface area (Å²) in [4.78, 5) is 35.9. The molecular formula is C17H22Cl2O7. The maximum absolute atomic E-state index is 12.8. The minimum Gasteiger partial charge on any atom is -0.465 e. The highest BCUT2D eigenvalue weighted by Gasteiger charge is 2.68. The van der Waals surface area contributed by atoms with Crippen molar-refractivity contribution >= 4 is 40.9 Å². The number of hydrogen-bond acceptors (Lipinski definition) is 7. The maximum atomic E-state index is 12.8. The minimum atomic E-state index is -1.99. The van der Waals surface area contributed by atoms with Gasteiger partial charge >= 0.3 is 11.9 Å². The van der Waals surface area contributed by atoms with Crippen LogP contribution in [-0.2, 0) is 33.3 Å². The van der Waals surface area contributed by atoms with Gasteiger partial charge in [-0.05, 0) is 20.3 Å². The van der Waals surface area contributed by atoms with Gasteiger partial charge in [0, 0.05) is 19.8 Å². The quantitative estimate of drug-likeness (QED) is 0.190. The Bertz CT molecular complexity index is 607. The van der Waals surface area contributed by atoms with Gasteiger partial charge in [0.25, 0.3) is 0 Å². The van der Waals surface area contributed by atoms with Crippen LogP contribution in [0.5, 0.6) is 0 Å². The highest BCUT2D eigenvalue weighted by molar-refractivity contribution is 6.53. The summed E-state index contributed by atoms with van der Waals surface area (Å²) in [5.74, 6) is -6.31. The Balaban J connectivity index is 3.69. The zero-order valence-electron chi connectivity index (χ0n) is 15.1. The van der Waals surface area contributed by atoms with E-state index in [4.69, 9.17) is 42.1 Å². The molecule has 0 aromatic rings. The number of carbonyl (C=O) groups is 3. The summed E-state index contributed by atoms with van der Waals surface area (Å²) in [7, 11) is 2.44. The Morgan fingerprint density at radius 2 is 1.62 bits per heavy atom. The molecule has 0 bridgehead atoms. The van der Waals surface area contributed by atoms with Crippen molar-refractivity contribution in [2.75, 3.05) is 27.4 Å². The molecule has 0 saturated heterocycles. The molecule has 0 heterocycles. The zero-order valence-corrected chi connectivity index (χ0v) is 16.6. The first-order valence-corrected chi connectivity index (χ1v) is 8.66. The van der Waals surface area contributed by atoms with Crippen molar-refractivity contribution in [2.24, 2.45) is 5.92 Å². The molecule has 0 spiro atoms. The zero-order chi connectivity index (χ0) is 20.1. The summed E-state index contributed by atoms with van der Waals surface area (Å²) in [5.41, 5.74) is -0.247. The first-order valence-electron chi connectivity index (χ1n) is 7.90. The van der Waals surface area contributed by atoms with E-state index in [2.05, 4.69) is 6.58 Å². The Kier molecular flexibility index (Phi) is 7.83. The third-order valence-electron chi connectivity index (χ3n) is 4.01. The molecule has 0 radical (unpaired) electrons. The van der Waals surface area contributed by atoms with Crippen LogP contribution in [-0.4, -0.2) is 55.8 Å².